The topological polar surface area (TPSA) is 31.0 Å². The fourth-order valence-electron chi connectivity index (χ4n) is 7.89. The SMILES string of the molecule is CC1(C)c2cc3c(cc2-c2c1ccc1c2oc2ccccc21)c1ccccc1n3-c1cc(-c2ccccc2)cc(-c2ccccc2)n1. The Balaban J connectivity index is 1.29. The van der Waals surface area contributed by atoms with Crippen molar-refractivity contribution in [3.05, 3.63) is 157 Å². The molecule has 0 saturated heterocycles. The van der Waals surface area contributed by atoms with Crippen molar-refractivity contribution < 1.29 is 4.42 Å². The van der Waals surface area contributed by atoms with Gasteiger partial charge in [-0.25, -0.2) is 4.98 Å². The fraction of sp³-hybridized carbons (Fsp3) is 0.0682. The predicted octanol–water partition coefficient (Wildman–Crippen LogP) is 11.7. The molecule has 0 radical (unpaired) electrons. The van der Waals surface area contributed by atoms with Crippen LogP contribution in [-0.4, -0.2) is 9.55 Å². The first-order valence-electron chi connectivity index (χ1n) is 16.2. The van der Waals surface area contributed by atoms with Crippen LogP contribution in [0.4, 0.5) is 0 Å². The number of fused-ring (bicyclic) bond motifs is 10. The average molecular weight is 603 g/mol. The van der Waals surface area contributed by atoms with Gasteiger partial charge < -0.3 is 4.42 Å². The Bertz CT molecular complexity index is 2640. The molecule has 0 fully saturated rings. The van der Waals surface area contributed by atoms with Crippen LogP contribution < -0.4 is 0 Å². The van der Waals surface area contributed by atoms with Gasteiger partial charge in [0, 0.05) is 38.1 Å². The molecule has 0 unspecified atom stereocenters. The zero-order valence-corrected chi connectivity index (χ0v) is 26.2. The summed E-state index contributed by atoms with van der Waals surface area (Å²) in [5.41, 5.74) is 13.4. The predicted molar refractivity (Wildman–Crippen MR) is 194 cm³/mol. The number of furan rings is 1. The van der Waals surface area contributed by atoms with Crippen molar-refractivity contribution in [1.29, 1.82) is 0 Å². The number of aromatic nitrogens is 2. The number of pyridine rings is 1. The summed E-state index contributed by atoms with van der Waals surface area (Å²) >= 11 is 0. The Morgan fingerprint density at radius 2 is 1.23 bits per heavy atom. The number of rotatable bonds is 3. The molecule has 0 saturated carbocycles. The number of para-hydroxylation sites is 2. The van der Waals surface area contributed by atoms with Crippen molar-refractivity contribution in [1.82, 2.24) is 9.55 Å². The molecular formula is C44H30N2O. The van der Waals surface area contributed by atoms with Crippen molar-refractivity contribution >= 4 is 43.7 Å². The minimum Gasteiger partial charge on any atom is -0.455 e. The van der Waals surface area contributed by atoms with E-state index in [1.165, 1.54) is 44.0 Å². The molecule has 3 heteroatoms. The van der Waals surface area contributed by atoms with E-state index in [4.69, 9.17) is 9.40 Å². The number of hydrogen-bond acceptors (Lipinski definition) is 2. The zero-order chi connectivity index (χ0) is 31.3. The van der Waals surface area contributed by atoms with E-state index in [0.717, 1.165) is 50.2 Å². The maximum atomic E-state index is 6.61. The van der Waals surface area contributed by atoms with Gasteiger partial charge in [-0.3, -0.25) is 4.57 Å². The Morgan fingerprint density at radius 1 is 0.532 bits per heavy atom. The third kappa shape index (κ3) is 3.71. The number of nitrogens with zero attached hydrogens (tertiary/aromatic N) is 2. The summed E-state index contributed by atoms with van der Waals surface area (Å²) in [4.78, 5) is 5.35. The first-order valence-corrected chi connectivity index (χ1v) is 16.2. The highest BCUT2D eigenvalue weighted by Crippen LogP contribution is 2.54. The molecule has 0 amide bonds. The van der Waals surface area contributed by atoms with Gasteiger partial charge in [-0.2, -0.15) is 0 Å². The van der Waals surface area contributed by atoms with E-state index in [1.807, 2.05) is 6.07 Å². The highest BCUT2D eigenvalue weighted by Gasteiger charge is 2.38. The molecule has 1 aliphatic carbocycles. The minimum absolute atomic E-state index is 0.207. The van der Waals surface area contributed by atoms with E-state index in [1.54, 1.807) is 0 Å². The first kappa shape index (κ1) is 26.3. The molecule has 10 rings (SSSR count). The van der Waals surface area contributed by atoms with Crippen molar-refractivity contribution in [2.75, 3.05) is 0 Å². The monoisotopic (exact) mass is 602 g/mol. The van der Waals surface area contributed by atoms with E-state index in [0.29, 0.717) is 0 Å². The highest BCUT2D eigenvalue weighted by molar-refractivity contribution is 6.15. The van der Waals surface area contributed by atoms with Gasteiger partial charge >= 0.3 is 0 Å². The average Bonchev–Trinajstić information content (AvgIpc) is 3.73. The lowest BCUT2D eigenvalue weighted by molar-refractivity contribution is 0.653. The summed E-state index contributed by atoms with van der Waals surface area (Å²) in [7, 11) is 0. The molecule has 0 spiro atoms. The molecule has 1 aliphatic rings. The smallest absolute Gasteiger partial charge is 0.143 e. The van der Waals surface area contributed by atoms with Gasteiger partial charge in [0.1, 0.15) is 17.0 Å². The van der Waals surface area contributed by atoms with E-state index >= 15 is 0 Å². The van der Waals surface area contributed by atoms with E-state index in [2.05, 4.69) is 158 Å². The third-order valence-corrected chi connectivity index (χ3v) is 10.2. The van der Waals surface area contributed by atoms with Crippen molar-refractivity contribution in [2.24, 2.45) is 0 Å². The van der Waals surface area contributed by atoms with Gasteiger partial charge in [0.05, 0.1) is 16.7 Å². The second-order valence-electron chi connectivity index (χ2n) is 13.2. The van der Waals surface area contributed by atoms with Gasteiger partial charge in [-0.15, -0.1) is 0 Å². The molecule has 0 atom stereocenters. The van der Waals surface area contributed by atoms with Gasteiger partial charge in [0.15, 0.2) is 0 Å². The van der Waals surface area contributed by atoms with Crippen LogP contribution in [0.15, 0.2) is 150 Å². The van der Waals surface area contributed by atoms with Crippen LogP contribution in [0.25, 0.3) is 83.1 Å². The normalized spacial score (nSPS) is 13.5. The Labute approximate surface area is 272 Å². The molecule has 47 heavy (non-hydrogen) atoms. The molecule has 9 aromatic rings. The summed E-state index contributed by atoms with van der Waals surface area (Å²) in [6.45, 7) is 4.68. The lowest BCUT2D eigenvalue weighted by atomic mass is 9.82. The summed E-state index contributed by atoms with van der Waals surface area (Å²) in [5.74, 6) is 0.907. The Kier molecular flexibility index (Phi) is 5.34. The third-order valence-electron chi connectivity index (χ3n) is 10.2. The first-order chi connectivity index (χ1) is 23.1. The molecule has 3 nitrogen and oxygen atoms in total. The summed E-state index contributed by atoms with van der Waals surface area (Å²) in [6.07, 6.45) is 0. The zero-order valence-electron chi connectivity index (χ0n) is 26.2. The molecule has 6 aromatic carbocycles. The minimum atomic E-state index is -0.207. The Morgan fingerprint density at radius 3 is 2.04 bits per heavy atom. The van der Waals surface area contributed by atoms with Crippen molar-refractivity contribution in [3.63, 3.8) is 0 Å². The van der Waals surface area contributed by atoms with E-state index < -0.39 is 0 Å². The van der Waals surface area contributed by atoms with E-state index in [9.17, 15) is 0 Å². The number of benzene rings is 6. The van der Waals surface area contributed by atoms with Crippen molar-refractivity contribution in [2.45, 2.75) is 19.3 Å². The Hall–Kier alpha value is -5.93. The molecule has 3 heterocycles. The summed E-state index contributed by atoms with van der Waals surface area (Å²) in [6, 6.07) is 52.0. The van der Waals surface area contributed by atoms with Gasteiger partial charge in [0.25, 0.3) is 0 Å². The van der Waals surface area contributed by atoms with Gasteiger partial charge in [-0.05, 0) is 64.2 Å². The van der Waals surface area contributed by atoms with Crippen molar-refractivity contribution in [3.8, 4) is 39.3 Å². The molecular weight excluding hydrogens is 572 g/mol. The molecule has 222 valence electrons. The quantitative estimate of drug-likeness (QED) is 0.201. The van der Waals surface area contributed by atoms with Crippen LogP contribution in [-0.2, 0) is 5.41 Å². The second-order valence-corrected chi connectivity index (χ2v) is 13.2. The molecule has 3 aromatic heterocycles. The standard InChI is InChI=1S/C44H30N2O/c1-44(2)35-22-21-32-31-18-10-12-20-40(31)47-43(32)42(35)34-25-33-30-17-9-11-19-38(30)46(39(33)26-36(34)44)41-24-29(27-13-5-3-6-14-27)23-37(45-41)28-15-7-4-8-16-28/h3-26H,1-2H3. The number of hydrogen-bond donors (Lipinski definition) is 0. The maximum absolute atomic E-state index is 6.61. The van der Waals surface area contributed by atoms with Crippen LogP contribution in [0.2, 0.25) is 0 Å². The van der Waals surface area contributed by atoms with Gasteiger partial charge in [0.2, 0.25) is 0 Å². The fourth-order valence-corrected chi connectivity index (χ4v) is 7.89. The highest BCUT2D eigenvalue weighted by atomic mass is 16.3. The maximum Gasteiger partial charge on any atom is 0.143 e. The largest absolute Gasteiger partial charge is 0.455 e. The lowest BCUT2D eigenvalue weighted by Gasteiger charge is -2.21. The van der Waals surface area contributed by atoms with Crippen LogP contribution in [0.5, 0.6) is 0 Å². The molecule has 0 bridgehead atoms. The van der Waals surface area contributed by atoms with Crippen LogP contribution in [0, 0.1) is 0 Å². The summed E-state index contributed by atoms with van der Waals surface area (Å²) < 4.78 is 8.98. The molecule has 0 N–H and O–H groups in total. The molecule has 0 aliphatic heterocycles. The van der Waals surface area contributed by atoms with Gasteiger partial charge in [-0.1, -0.05) is 123 Å². The van der Waals surface area contributed by atoms with Crippen LogP contribution in [0.3, 0.4) is 0 Å². The van der Waals surface area contributed by atoms with Crippen LogP contribution >= 0.6 is 0 Å². The van der Waals surface area contributed by atoms with E-state index in [-0.39, 0.29) is 5.41 Å². The second kappa shape index (κ2) is 9.54. The lowest BCUT2D eigenvalue weighted by Crippen LogP contribution is -2.15. The summed E-state index contributed by atoms with van der Waals surface area (Å²) in [5, 5.41) is 4.75. The van der Waals surface area contributed by atoms with Crippen LogP contribution in [0.1, 0.15) is 25.0 Å².